The van der Waals surface area contributed by atoms with E-state index in [2.05, 4.69) is 6.07 Å². The second-order valence-corrected chi connectivity index (χ2v) is 8.42. The van der Waals surface area contributed by atoms with Gasteiger partial charge < -0.3 is 9.84 Å². The third-order valence-electron chi connectivity index (χ3n) is 4.80. The average molecular weight is 375 g/mol. The van der Waals surface area contributed by atoms with Gasteiger partial charge in [0.05, 0.1) is 17.5 Å². The number of sulfonamides is 1. The van der Waals surface area contributed by atoms with Crippen LogP contribution in [0.1, 0.15) is 35.6 Å². The van der Waals surface area contributed by atoms with Crippen LogP contribution in [0.5, 0.6) is 0 Å². The largest absolute Gasteiger partial charge is 0.396 e. The Morgan fingerprint density at radius 1 is 1.19 bits per heavy atom. The Balaban J connectivity index is 1.98. The monoisotopic (exact) mass is 375 g/mol. The van der Waals surface area contributed by atoms with Crippen molar-refractivity contribution in [2.45, 2.75) is 36.8 Å². The van der Waals surface area contributed by atoms with E-state index in [1.54, 1.807) is 29.6 Å². The molecule has 0 radical (unpaired) electrons. The maximum Gasteiger partial charge on any atom is 0.243 e. The van der Waals surface area contributed by atoms with E-state index in [-0.39, 0.29) is 17.5 Å². The van der Waals surface area contributed by atoms with Crippen molar-refractivity contribution in [2.75, 3.05) is 20.3 Å². The van der Waals surface area contributed by atoms with Gasteiger partial charge in [0.2, 0.25) is 10.0 Å². The molecular formula is C20H25NO4S. The molecule has 1 unspecified atom stereocenters. The van der Waals surface area contributed by atoms with Crippen molar-refractivity contribution in [2.24, 2.45) is 0 Å². The van der Waals surface area contributed by atoms with Gasteiger partial charge in [0.15, 0.2) is 0 Å². The van der Waals surface area contributed by atoms with Gasteiger partial charge in [-0.3, -0.25) is 0 Å². The second kappa shape index (κ2) is 8.31. The Labute approximate surface area is 155 Å². The zero-order valence-electron chi connectivity index (χ0n) is 15.0. The first-order valence-electron chi connectivity index (χ1n) is 8.86. The summed E-state index contributed by atoms with van der Waals surface area (Å²) in [6.45, 7) is 0.628. The second-order valence-electron chi connectivity index (χ2n) is 6.53. The Morgan fingerprint density at radius 3 is 2.77 bits per heavy atom. The van der Waals surface area contributed by atoms with Crippen LogP contribution in [0.15, 0.2) is 53.4 Å². The highest BCUT2D eigenvalue weighted by atomic mass is 32.2. The minimum atomic E-state index is -3.67. The van der Waals surface area contributed by atoms with E-state index in [1.807, 2.05) is 24.3 Å². The molecule has 1 N–H and O–H groups in total. The van der Waals surface area contributed by atoms with E-state index in [0.29, 0.717) is 19.6 Å². The lowest BCUT2D eigenvalue weighted by atomic mass is 10.1. The molecule has 0 saturated carbocycles. The number of benzene rings is 2. The summed E-state index contributed by atoms with van der Waals surface area (Å²) in [6, 6.07) is 14.7. The summed E-state index contributed by atoms with van der Waals surface area (Å²) in [6.07, 6.45) is 2.05. The number of rotatable bonds is 8. The van der Waals surface area contributed by atoms with Crippen molar-refractivity contribution < 1.29 is 18.3 Å². The third-order valence-corrected chi connectivity index (χ3v) is 6.71. The number of methoxy groups -OCH3 is 1. The van der Waals surface area contributed by atoms with Gasteiger partial charge in [0, 0.05) is 20.3 Å². The summed E-state index contributed by atoms with van der Waals surface area (Å²) < 4.78 is 33.5. The van der Waals surface area contributed by atoms with Crippen LogP contribution in [-0.4, -0.2) is 38.1 Å². The number of nitrogens with zero attached hydrogens (tertiary/aromatic N) is 1. The van der Waals surface area contributed by atoms with Gasteiger partial charge in [0.25, 0.3) is 0 Å². The molecule has 0 aliphatic heterocycles. The topological polar surface area (TPSA) is 66.8 Å². The lowest BCUT2D eigenvalue weighted by Gasteiger charge is -2.29. The number of aliphatic hydroxyl groups excluding tert-OH is 1. The van der Waals surface area contributed by atoms with E-state index in [4.69, 9.17) is 4.74 Å². The van der Waals surface area contributed by atoms with Gasteiger partial charge in [-0.15, -0.1) is 0 Å². The number of ether oxygens (including phenoxy) is 1. The van der Waals surface area contributed by atoms with Gasteiger partial charge >= 0.3 is 0 Å². The predicted octanol–water partition coefficient (Wildman–Crippen LogP) is 2.89. The van der Waals surface area contributed by atoms with Crippen LogP contribution < -0.4 is 0 Å². The van der Waals surface area contributed by atoms with Crippen molar-refractivity contribution in [3.05, 3.63) is 65.2 Å². The van der Waals surface area contributed by atoms with Gasteiger partial charge in [-0.05, 0) is 48.1 Å². The fraction of sp³-hybridized carbons (Fsp3) is 0.400. The maximum absolute atomic E-state index is 13.4. The SMILES string of the molecule is COCc1cccc(S(=O)(=O)N(CCCO)C2CCc3ccccc32)c1. The lowest BCUT2D eigenvalue weighted by Crippen LogP contribution is -2.35. The molecule has 2 aromatic carbocycles. The van der Waals surface area contributed by atoms with Gasteiger partial charge in [-0.1, -0.05) is 36.4 Å². The highest BCUT2D eigenvalue weighted by Gasteiger charge is 2.35. The van der Waals surface area contributed by atoms with Crippen molar-refractivity contribution in [1.82, 2.24) is 4.31 Å². The van der Waals surface area contributed by atoms with E-state index in [0.717, 1.165) is 24.0 Å². The fourth-order valence-corrected chi connectivity index (χ4v) is 5.35. The molecule has 6 heteroatoms. The first kappa shape index (κ1) is 19.0. The van der Waals surface area contributed by atoms with Gasteiger partial charge in [-0.2, -0.15) is 4.31 Å². The fourth-order valence-electron chi connectivity index (χ4n) is 3.60. The van der Waals surface area contributed by atoms with E-state index in [9.17, 15) is 13.5 Å². The third kappa shape index (κ3) is 3.83. The van der Waals surface area contributed by atoms with E-state index >= 15 is 0 Å². The first-order valence-corrected chi connectivity index (χ1v) is 10.3. The van der Waals surface area contributed by atoms with Crippen molar-refractivity contribution in [3.8, 4) is 0 Å². The molecule has 0 heterocycles. The Kier molecular flexibility index (Phi) is 6.09. The number of aryl methyl sites for hydroxylation is 1. The molecule has 0 bridgehead atoms. The highest BCUT2D eigenvalue weighted by Crippen LogP contribution is 2.38. The molecule has 0 fully saturated rings. The first-order chi connectivity index (χ1) is 12.6. The Bertz CT molecular complexity index is 850. The smallest absolute Gasteiger partial charge is 0.243 e. The van der Waals surface area contributed by atoms with Crippen molar-refractivity contribution >= 4 is 10.0 Å². The summed E-state index contributed by atoms with van der Waals surface area (Å²) in [4.78, 5) is 0.273. The standard InChI is InChI=1S/C20H25NO4S/c1-25-15-16-6-4-8-18(14-16)26(23,24)21(12-5-13-22)20-11-10-17-7-2-3-9-19(17)20/h2-4,6-9,14,20,22H,5,10-13,15H2,1H3. The minimum Gasteiger partial charge on any atom is -0.396 e. The van der Waals surface area contributed by atoms with Crippen LogP contribution in [0.2, 0.25) is 0 Å². The molecule has 0 spiro atoms. The van der Waals surface area contributed by atoms with Crippen LogP contribution in [0, 0.1) is 0 Å². The van der Waals surface area contributed by atoms with E-state index < -0.39 is 10.0 Å². The van der Waals surface area contributed by atoms with E-state index in [1.165, 1.54) is 5.56 Å². The quantitative estimate of drug-likeness (QED) is 0.770. The number of aliphatic hydroxyl groups is 1. The number of hydrogen-bond donors (Lipinski definition) is 1. The molecule has 1 atom stereocenters. The molecule has 0 aromatic heterocycles. The Morgan fingerprint density at radius 2 is 2.00 bits per heavy atom. The lowest BCUT2D eigenvalue weighted by molar-refractivity contribution is 0.184. The van der Waals surface area contributed by atoms with Crippen LogP contribution in [0.4, 0.5) is 0 Å². The molecule has 1 aliphatic rings. The minimum absolute atomic E-state index is 0.0376. The molecule has 140 valence electrons. The van der Waals surface area contributed by atoms with Crippen LogP contribution in [0.3, 0.4) is 0 Å². The van der Waals surface area contributed by atoms with Crippen LogP contribution >= 0.6 is 0 Å². The predicted molar refractivity (Wildman–Crippen MR) is 100 cm³/mol. The van der Waals surface area contributed by atoms with Gasteiger partial charge in [0.1, 0.15) is 0 Å². The average Bonchev–Trinajstić information content (AvgIpc) is 3.06. The van der Waals surface area contributed by atoms with Crippen molar-refractivity contribution in [3.63, 3.8) is 0 Å². The normalized spacial score (nSPS) is 16.8. The summed E-state index contributed by atoms with van der Waals surface area (Å²) >= 11 is 0. The summed E-state index contributed by atoms with van der Waals surface area (Å²) in [5, 5.41) is 9.27. The summed E-state index contributed by atoms with van der Waals surface area (Å²) in [5.41, 5.74) is 3.10. The molecule has 0 saturated heterocycles. The number of fused-ring (bicyclic) bond motifs is 1. The molecule has 26 heavy (non-hydrogen) atoms. The van der Waals surface area contributed by atoms with Gasteiger partial charge in [-0.25, -0.2) is 8.42 Å². The van der Waals surface area contributed by atoms with Crippen LogP contribution in [-0.2, 0) is 27.8 Å². The molecular weight excluding hydrogens is 350 g/mol. The zero-order valence-corrected chi connectivity index (χ0v) is 15.8. The summed E-state index contributed by atoms with van der Waals surface area (Å²) in [7, 11) is -2.09. The molecule has 3 rings (SSSR count). The molecule has 5 nitrogen and oxygen atoms in total. The van der Waals surface area contributed by atoms with Crippen molar-refractivity contribution in [1.29, 1.82) is 0 Å². The number of hydrogen-bond acceptors (Lipinski definition) is 4. The maximum atomic E-state index is 13.4. The zero-order chi connectivity index (χ0) is 18.6. The summed E-state index contributed by atoms with van der Waals surface area (Å²) in [5.74, 6) is 0. The van der Waals surface area contributed by atoms with Crippen LogP contribution in [0.25, 0.3) is 0 Å². The highest BCUT2D eigenvalue weighted by molar-refractivity contribution is 7.89. The molecule has 2 aromatic rings. The molecule has 0 amide bonds. The molecule has 1 aliphatic carbocycles. The Hall–Kier alpha value is -1.73.